The molecule has 0 aliphatic carbocycles. The Morgan fingerprint density at radius 2 is 1.79 bits per heavy atom. The van der Waals surface area contributed by atoms with Gasteiger partial charge in [0.1, 0.15) is 17.4 Å². The lowest BCUT2D eigenvalue weighted by Gasteiger charge is -2.37. The molecule has 3 heterocycles. The SMILES string of the molecule is Cc1oc(NC(=O)C(C)N2CCN(CC(=O)N3CCCC3)CC2)c(C#N)c1C. The van der Waals surface area contributed by atoms with Crippen molar-refractivity contribution in [1.82, 2.24) is 14.7 Å². The molecule has 0 aromatic carbocycles. The maximum atomic E-state index is 12.6. The van der Waals surface area contributed by atoms with Gasteiger partial charge in [0, 0.05) is 44.8 Å². The fourth-order valence-electron chi connectivity index (χ4n) is 3.80. The minimum Gasteiger partial charge on any atom is -0.444 e. The van der Waals surface area contributed by atoms with Crippen molar-refractivity contribution in [3.8, 4) is 6.07 Å². The van der Waals surface area contributed by atoms with Gasteiger partial charge in [0.25, 0.3) is 0 Å². The third kappa shape index (κ3) is 4.37. The van der Waals surface area contributed by atoms with E-state index in [2.05, 4.69) is 21.2 Å². The van der Waals surface area contributed by atoms with Crippen LogP contribution in [0.1, 0.15) is 36.7 Å². The number of anilines is 1. The lowest BCUT2D eigenvalue weighted by atomic mass is 10.1. The molecule has 1 aromatic rings. The van der Waals surface area contributed by atoms with E-state index in [9.17, 15) is 14.9 Å². The standard InChI is InChI=1S/C20H29N5O3/c1-14-16(3)28-20(17(14)12-21)22-19(27)15(2)24-10-8-23(9-11-24)13-18(26)25-6-4-5-7-25/h15H,4-11,13H2,1-3H3,(H,22,27). The molecule has 3 rings (SSSR count). The maximum Gasteiger partial charge on any atom is 0.243 e. The number of carbonyl (C=O) groups excluding carboxylic acids is 2. The van der Waals surface area contributed by atoms with E-state index in [-0.39, 0.29) is 23.7 Å². The third-order valence-electron chi connectivity index (χ3n) is 5.89. The number of aryl methyl sites for hydroxylation is 1. The molecule has 2 saturated heterocycles. The fourth-order valence-corrected chi connectivity index (χ4v) is 3.80. The molecule has 2 aliphatic heterocycles. The highest BCUT2D eigenvalue weighted by Gasteiger charge is 2.29. The molecule has 2 amide bonds. The summed E-state index contributed by atoms with van der Waals surface area (Å²) >= 11 is 0. The number of nitriles is 1. The highest BCUT2D eigenvalue weighted by molar-refractivity contribution is 5.94. The Balaban J connectivity index is 1.50. The number of nitrogens with one attached hydrogen (secondary N) is 1. The van der Waals surface area contributed by atoms with Crippen LogP contribution >= 0.6 is 0 Å². The quantitative estimate of drug-likeness (QED) is 0.819. The van der Waals surface area contributed by atoms with Crippen molar-refractivity contribution in [1.29, 1.82) is 5.26 Å². The van der Waals surface area contributed by atoms with Gasteiger partial charge >= 0.3 is 0 Å². The normalized spacial score (nSPS) is 19.4. The molecule has 152 valence electrons. The van der Waals surface area contributed by atoms with E-state index in [1.165, 1.54) is 0 Å². The van der Waals surface area contributed by atoms with E-state index in [1.807, 2.05) is 11.8 Å². The highest BCUT2D eigenvalue weighted by atomic mass is 16.4. The zero-order chi connectivity index (χ0) is 20.3. The van der Waals surface area contributed by atoms with Crippen molar-refractivity contribution in [2.24, 2.45) is 0 Å². The first kappa shape index (κ1) is 20.4. The van der Waals surface area contributed by atoms with Crippen LogP contribution in [0.5, 0.6) is 0 Å². The molecule has 0 radical (unpaired) electrons. The van der Waals surface area contributed by atoms with E-state index >= 15 is 0 Å². The average Bonchev–Trinajstić information content (AvgIpc) is 3.31. The van der Waals surface area contributed by atoms with Crippen molar-refractivity contribution >= 4 is 17.7 Å². The first-order valence-corrected chi connectivity index (χ1v) is 9.96. The number of likely N-dealkylation sites (tertiary alicyclic amines) is 1. The summed E-state index contributed by atoms with van der Waals surface area (Å²) < 4.78 is 5.53. The van der Waals surface area contributed by atoms with Crippen LogP contribution in [0.25, 0.3) is 0 Å². The van der Waals surface area contributed by atoms with E-state index < -0.39 is 0 Å². The summed E-state index contributed by atoms with van der Waals surface area (Å²) in [7, 11) is 0. The number of nitrogens with zero attached hydrogens (tertiary/aromatic N) is 4. The van der Waals surface area contributed by atoms with Crippen LogP contribution in [0.4, 0.5) is 5.88 Å². The molecule has 0 bridgehead atoms. The van der Waals surface area contributed by atoms with Crippen molar-refractivity contribution in [3.63, 3.8) is 0 Å². The largest absolute Gasteiger partial charge is 0.444 e. The van der Waals surface area contributed by atoms with Crippen molar-refractivity contribution in [3.05, 3.63) is 16.9 Å². The zero-order valence-electron chi connectivity index (χ0n) is 17.0. The lowest BCUT2D eigenvalue weighted by molar-refractivity contribution is -0.132. The molecule has 0 spiro atoms. The topological polar surface area (TPSA) is 92.8 Å². The third-order valence-corrected chi connectivity index (χ3v) is 5.89. The second-order valence-corrected chi connectivity index (χ2v) is 7.66. The summed E-state index contributed by atoms with van der Waals surface area (Å²) in [4.78, 5) is 31.1. The molecule has 28 heavy (non-hydrogen) atoms. The fraction of sp³-hybridized carbons (Fsp3) is 0.650. The van der Waals surface area contributed by atoms with Crippen LogP contribution in [0.2, 0.25) is 0 Å². The Bertz CT molecular complexity index is 768. The summed E-state index contributed by atoms with van der Waals surface area (Å²) in [5, 5.41) is 12.0. The van der Waals surface area contributed by atoms with E-state index in [0.29, 0.717) is 17.9 Å². The molecule has 1 unspecified atom stereocenters. The minimum atomic E-state index is -0.339. The lowest BCUT2D eigenvalue weighted by Crippen LogP contribution is -2.54. The van der Waals surface area contributed by atoms with Gasteiger partial charge in [0.15, 0.2) is 0 Å². The summed E-state index contributed by atoms with van der Waals surface area (Å²) in [6.07, 6.45) is 2.21. The van der Waals surface area contributed by atoms with Crippen LogP contribution in [0.3, 0.4) is 0 Å². The molecule has 1 atom stereocenters. The summed E-state index contributed by atoms with van der Waals surface area (Å²) in [5.41, 5.74) is 1.13. The first-order chi connectivity index (χ1) is 13.4. The summed E-state index contributed by atoms with van der Waals surface area (Å²) in [6, 6.07) is 1.75. The van der Waals surface area contributed by atoms with Crippen LogP contribution in [-0.2, 0) is 9.59 Å². The van der Waals surface area contributed by atoms with Gasteiger partial charge in [-0.05, 0) is 33.6 Å². The molecule has 2 fully saturated rings. The molecule has 1 aromatic heterocycles. The number of hydrogen-bond donors (Lipinski definition) is 1. The number of carbonyl (C=O) groups is 2. The van der Waals surface area contributed by atoms with Crippen molar-refractivity contribution in [2.45, 2.75) is 39.7 Å². The molecular formula is C20H29N5O3. The van der Waals surface area contributed by atoms with Gasteiger partial charge in [0.05, 0.1) is 12.6 Å². The predicted molar refractivity (Wildman–Crippen MR) is 105 cm³/mol. The number of rotatable bonds is 5. The van der Waals surface area contributed by atoms with Gasteiger partial charge < -0.3 is 9.32 Å². The van der Waals surface area contributed by atoms with E-state index in [4.69, 9.17) is 4.42 Å². The second-order valence-electron chi connectivity index (χ2n) is 7.66. The predicted octanol–water partition coefficient (Wildman–Crippen LogP) is 1.34. The molecule has 2 aliphatic rings. The van der Waals surface area contributed by atoms with Crippen LogP contribution in [-0.4, -0.2) is 78.4 Å². The molecule has 1 N–H and O–H groups in total. The molecular weight excluding hydrogens is 358 g/mol. The Hall–Kier alpha value is -2.37. The zero-order valence-corrected chi connectivity index (χ0v) is 17.0. The maximum absolute atomic E-state index is 12.6. The smallest absolute Gasteiger partial charge is 0.243 e. The van der Waals surface area contributed by atoms with Crippen molar-refractivity contribution in [2.75, 3.05) is 51.1 Å². The van der Waals surface area contributed by atoms with Crippen molar-refractivity contribution < 1.29 is 14.0 Å². The van der Waals surface area contributed by atoms with Gasteiger partial charge in [-0.3, -0.25) is 24.7 Å². The van der Waals surface area contributed by atoms with Crippen LogP contribution in [0, 0.1) is 25.2 Å². The minimum absolute atomic E-state index is 0.188. The van der Waals surface area contributed by atoms with E-state index in [1.54, 1.807) is 13.8 Å². The number of amides is 2. The van der Waals surface area contributed by atoms with Gasteiger partial charge in [-0.1, -0.05) is 0 Å². The Kier molecular flexibility index (Phi) is 6.37. The molecule has 8 heteroatoms. The summed E-state index contributed by atoms with van der Waals surface area (Å²) in [5.74, 6) is 0.885. The van der Waals surface area contributed by atoms with E-state index in [0.717, 1.165) is 57.7 Å². The monoisotopic (exact) mass is 387 g/mol. The van der Waals surface area contributed by atoms with Crippen LogP contribution in [0.15, 0.2) is 4.42 Å². The van der Waals surface area contributed by atoms with Gasteiger partial charge in [-0.25, -0.2) is 0 Å². The first-order valence-electron chi connectivity index (χ1n) is 9.96. The van der Waals surface area contributed by atoms with Gasteiger partial charge in [-0.15, -0.1) is 0 Å². The van der Waals surface area contributed by atoms with Gasteiger partial charge in [0.2, 0.25) is 17.7 Å². The average molecular weight is 387 g/mol. The highest BCUT2D eigenvalue weighted by Crippen LogP contribution is 2.25. The number of hydrogen-bond acceptors (Lipinski definition) is 6. The second kappa shape index (κ2) is 8.76. The Morgan fingerprint density at radius 3 is 2.39 bits per heavy atom. The number of furan rings is 1. The Morgan fingerprint density at radius 1 is 1.14 bits per heavy atom. The van der Waals surface area contributed by atoms with Gasteiger partial charge in [-0.2, -0.15) is 5.26 Å². The number of piperazine rings is 1. The summed E-state index contributed by atoms with van der Waals surface area (Å²) in [6.45, 7) is 10.6. The molecule has 0 saturated carbocycles. The molecule has 8 nitrogen and oxygen atoms in total. The van der Waals surface area contributed by atoms with Crippen LogP contribution < -0.4 is 5.32 Å². The Labute approximate surface area is 166 Å².